The van der Waals surface area contributed by atoms with Crippen LogP contribution in [0.5, 0.6) is 0 Å². The first-order valence-electron chi connectivity index (χ1n) is 3.28. The second-order valence-electron chi connectivity index (χ2n) is 2.66. The summed E-state index contributed by atoms with van der Waals surface area (Å²) in [6.45, 7) is 4.96. The zero-order valence-corrected chi connectivity index (χ0v) is 7.75. The number of hydrogen-bond acceptors (Lipinski definition) is 3. The summed E-state index contributed by atoms with van der Waals surface area (Å²) >= 11 is 0. The molecular formula is C6H15NO2S. The first kappa shape index (κ1) is 9.91. The number of rotatable bonds is 3. The highest BCUT2D eigenvalue weighted by molar-refractivity contribution is 7.92. The van der Waals surface area contributed by atoms with Gasteiger partial charge in [0.15, 0.2) is 9.84 Å². The van der Waals surface area contributed by atoms with E-state index in [0.717, 1.165) is 0 Å². The van der Waals surface area contributed by atoms with E-state index in [9.17, 15) is 8.42 Å². The topological polar surface area (TPSA) is 46.2 Å². The van der Waals surface area contributed by atoms with Gasteiger partial charge in [-0.05, 0) is 20.9 Å². The maximum absolute atomic E-state index is 11.2. The molecule has 0 bridgehead atoms. The zero-order valence-electron chi connectivity index (χ0n) is 6.93. The summed E-state index contributed by atoms with van der Waals surface area (Å²) in [5.41, 5.74) is 0. The standard InChI is InChI=1S/C6H15NO2S/c1-5-10(8,9)6(2,3)7-4/h7H,5H2,1-4H3. The Balaban J connectivity index is 4.64. The van der Waals surface area contributed by atoms with E-state index in [1.807, 2.05) is 0 Å². The van der Waals surface area contributed by atoms with Crippen molar-refractivity contribution in [2.24, 2.45) is 0 Å². The quantitative estimate of drug-likeness (QED) is 0.657. The molecule has 10 heavy (non-hydrogen) atoms. The molecule has 0 aromatic carbocycles. The van der Waals surface area contributed by atoms with E-state index in [2.05, 4.69) is 5.32 Å². The molecule has 0 aliphatic heterocycles. The predicted octanol–water partition coefficient (Wildman–Crippen LogP) is 0.377. The second-order valence-corrected chi connectivity index (χ2v) is 5.49. The van der Waals surface area contributed by atoms with Gasteiger partial charge in [-0.1, -0.05) is 6.92 Å². The van der Waals surface area contributed by atoms with Gasteiger partial charge in [0.1, 0.15) is 4.87 Å². The minimum absolute atomic E-state index is 0.181. The van der Waals surface area contributed by atoms with E-state index in [1.54, 1.807) is 27.8 Å². The van der Waals surface area contributed by atoms with Gasteiger partial charge in [-0.2, -0.15) is 0 Å². The van der Waals surface area contributed by atoms with Crippen molar-refractivity contribution in [1.29, 1.82) is 0 Å². The Hall–Kier alpha value is -0.0900. The smallest absolute Gasteiger partial charge is 0.168 e. The summed E-state index contributed by atoms with van der Waals surface area (Å²) in [5.74, 6) is 0.181. The van der Waals surface area contributed by atoms with Crippen LogP contribution in [0.25, 0.3) is 0 Å². The molecule has 3 nitrogen and oxygen atoms in total. The summed E-state index contributed by atoms with van der Waals surface area (Å²) in [6, 6.07) is 0. The van der Waals surface area contributed by atoms with Gasteiger partial charge in [-0.3, -0.25) is 0 Å². The van der Waals surface area contributed by atoms with E-state index in [-0.39, 0.29) is 5.75 Å². The highest BCUT2D eigenvalue weighted by Crippen LogP contribution is 2.11. The fraction of sp³-hybridized carbons (Fsp3) is 1.00. The van der Waals surface area contributed by atoms with Crippen LogP contribution in [0, 0.1) is 0 Å². The minimum atomic E-state index is -2.96. The molecule has 0 rings (SSSR count). The Kier molecular flexibility index (Phi) is 2.86. The van der Waals surface area contributed by atoms with Crippen LogP contribution in [-0.2, 0) is 9.84 Å². The molecule has 0 aliphatic rings. The lowest BCUT2D eigenvalue weighted by atomic mass is 10.4. The molecule has 0 saturated heterocycles. The molecule has 62 valence electrons. The van der Waals surface area contributed by atoms with Gasteiger partial charge in [-0.25, -0.2) is 8.42 Å². The SMILES string of the molecule is CCS(=O)(=O)C(C)(C)NC. The third-order valence-corrected chi connectivity index (χ3v) is 4.28. The van der Waals surface area contributed by atoms with Crippen molar-refractivity contribution in [3.05, 3.63) is 0 Å². The average molecular weight is 165 g/mol. The molecule has 0 aliphatic carbocycles. The number of sulfone groups is 1. The number of nitrogens with one attached hydrogen (secondary N) is 1. The molecular weight excluding hydrogens is 150 g/mol. The van der Waals surface area contributed by atoms with Crippen LogP contribution in [0.15, 0.2) is 0 Å². The maximum atomic E-state index is 11.2. The summed E-state index contributed by atoms with van der Waals surface area (Å²) in [4.78, 5) is -0.790. The number of hydrogen-bond donors (Lipinski definition) is 1. The molecule has 0 heterocycles. The Morgan fingerprint density at radius 3 is 1.90 bits per heavy atom. The normalized spacial score (nSPS) is 13.6. The molecule has 0 atom stereocenters. The molecule has 0 aromatic rings. The van der Waals surface area contributed by atoms with Gasteiger partial charge in [0, 0.05) is 5.75 Å². The van der Waals surface area contributed by atoms with Crippen molar-refractivity contribution < 1.29 is 8.42 Å². The highest BCUT2D eigenvalue weighted by atomic mass is 32.2. The highest BCUT2D eigenvalue weighted by Gasteiger charge is 2.29. The van der Waals surface area contributed by atoms with E-state index in [0.29, 0.717) is 0 Å². The second kappa shape index (κ2) is 2.88. The molecule has 0 radical (unpaired) electrons. The third-order valence-electron chi connectivity index (χ3n) is 1.76. The average Bonchev–Trinajstić information content (AvgIpc) is 1.88. The largest absolute Gasteiger partial charge is 0.302 e. The Morgan fingerprint density at radius 2 is 1.80 bits per heavy atom. The lowest BCUT2D eigenvalue weighted by molar-refractivity contribution is 0.511. The molecule has 0 fully saturated rings. The Labute approximate surface area is 62.7 Å². The van der Waals surface area contributed by atoms with Gasteiger partial charge < -0.3 is 5.32 Å². The van der Waals surface area contributed by atoms with Crippen LogP contribution in [0.1, 0.15) is 20.8 Å². The summed E-state index contributed by atoms with van der Waals surface area (Å²) in [5, 5.41) is 2.74. The maximum Gasteiger partial charge on any atom is 0.168 e. The van der Waals surface area contributed by atoms with E-state index in [1.165, 1.54) is 0 Å². The first-order valence-corrected chi connectivity index (χ1v) is 4.94. The van der Waals surface area contributed by atoms with Gasteiger partial charge in [0.05, 0.1) is 0 Å². The molecule has 0 aromatic heterocycles. The van der Waals surface area contributed by atoms with Crippen LogP contribution < -0.4 is 5.32 Å². The first-order chi connectivity index (χ1) is 4.37. The Morgan fingerprint density at radius 1 is 1.40 bits per heavy atom. The van der Waals surface area contributed by atoms with Crippen molar-refractivity contribution >= 4 is 9.84 Å². The zero-order chi connectivity index (χ0) is 8.41. The summed E-state index contributed by atoms with van der Waals surface area (Å²) < 4.78 is 22.4. The van der Waals surface area contributed by atoms with E-state index < -0.39 is 14.7 Å². The van der Waals surface area contributed by atoms with Crippen molar-refractivity contribution in [1.82, 2.24) is 5.32 Å². The minimum Gasteiger partial charge on any atom is -0.302 e. The fourth-order valence-corrected chi connectivity index (χ4v) is 1.55. The van der Waals surface area contributed by atoms with Crippen LogP contribution >= 0.6 is 0 Å². The third kappa shape index (κ3) is 1.70. The van der Waals surface area contributed by atoms with Gasteiger partial charge in [-0.15, -0.1) is 0 Å². The van der Waals surface area contributed by atoms with Crippen molar-refractivity contribution in [2.45, 2.75) is 25.6 Å². The molecule has 0 unspecified atom stereocenters. The Bertz CT molecular complexity index is 194. The molecule has 4 heteroatoms. The van der Waals surface area contributed by atoms with E-state index in [4.69, 9.17) is 0 Å². The van der Waals surface area contributed by atoms with Crippen molar-refractivity contribution in [3.8, 4) is 0 Å². The van der Waals surface area contributed by atoms with Gasteiger partial charge in [0.25, 0.3) is 0 Å². The van der Waals surface area contributed by atoms with Crippen LogP contribution in [-0.4, -0.2) is 26.1 Å². The van der Waals surface area contributed by atoms with Crippen LogP contribution in [0.3, 0.4) is 0 Å². The molecule has 1 N–H and O–H groups in total. The monoisotopic (exact) mass is 165 g/mol. The predicted molar refractivity (Wildman–Crippen MR) is 42.6 cm³/mol. The van der Waals surface area contributed by atoms with E-state index >= 15 is 0 Å². The molecule has 0 saturated carbocycles. The van der Waals surface area contributed by atoms with Gasteiger partial charge in [0.2, 0.25) is 0 Å². The molecule has 0 amide bonds. The van der Waals surface area contributed by atoms with Gasteiger partial charge >= 0.3 is 0 Å². The lowest BCUT2D eigenvalue weighted by Crippen LogP contribution is -2.45. The van der Waals surface area contributed by atoms with Crippen molar-refractivity contribution in [2.75, 3.05) is 12.8 Å². The fourth-order valence-electron chi connectivity index (χ4n) is 0.516. The summed E-state index contributed by atoms with van der Waals surface area (Å²) in [6.07, 6.45) is 0. The molecule has 0 spiro atoms. The van der Waals surface area contributed by atoms with Crippen LogP contribution in [0.2, 0.25) is 0 Å². The van der Waals surface area contributed by atoms with Crippen molar-refractivity contribution in [3.63, 3.8) is 0 Å². The lowest BCUT2D eigenvalue weighted by Gasteiger charge is -2.22. The summed E-state index contributed by atoms with van der Waals surface area (Å²) in [7, 11) is -1.31. The van der Waals surface area contributed by atoms with Crippen LogP contribution in [0.4, 0.5) is 0 Å².